The summed E-state index contributed by atoms with van der Waals surface area (Å²) in [4.78, 5) is 12.2. The molecule has 0 atom stereocenters. The normalized spacial score (nSPS) is 10.6. The number of rotatable bonds is 4. The Morgan fingerprint density at radius 2 is 1.91 bits per heavy atom. The minimum atomic E-state index is -0.413. The average molecular weight is 319 g/mol. The van der Waals surface area contributed by atoms with Crippen molar-refractivity contribution in [2.75, 3.05) is 11.1 Å². The summed E-state index contributed by atoms with van der Waals surface area (Å²) in [5, 5.41) is 3.84. The van der Waals surface area contributed by atoms with Gasteiger partial charge >= 0.3 is 5.97 Å². The van der Waals surface area contributed by atoms with Gasteiger partial charge in [-0.2, -0.15) is 0 Å². The number of ether oxygens (including phenoxy) is 1. The molecule has 0 aliphatic rings. The molecule has 0 heterocycles. The molecular formula is C17H19ClN2O2. The van der Waals surface area contributed by atoms with Crippen LogP contribution in [-0.2, 0) is 4.74 Å². The van der Waals surface area contributed by atoms with E-state index in [4.69, 9.17) is 22.1 Å². The molecular weight excluding hydrogens is 300 g/mol. The lowest BCUT2D eigenvalue weighted by Gasteiger charge is -2.15. The Morgan fingerprint density at radius 3 is 2.59 bits per heavy atom. The van der Waals surface area contributed by atoms with E-state index in [1.807, 2.05) is 25.1 Å². The van der Waals surface area contributed by atoms with Crippen LogP contribution in [0.25, 0.3) is 0 Å². The summed E-state index contributed by atoms with van der Waals surface area (Å²) in [5.74, 6) is -0.413. The Balaban J connectivity index is 2.38. The summed E-state index contributed by atoms with van der Waals surface area (Å²) >= 11 is 6.03. The molecule has 22 heavy (non-hydrogen) atoms. The maximum atomic E-state index is 12.2. The first-order valence-corrected chi connectivity index (χ1v) is 7.38. The fourth-order valence-corrected chi connectivity index (χ4v) is 2.16. The molecule has 0 amide bonds. The monoisotopic (exact) mass is 318 g/mol. The quantitative estimate of drug-likeness (QED) is 0.641. The second kappa shape index (κ2) is 6.71. The van der Waals surface area contributed by atoms with Gasteiger partial charge in [0.05, 0.1) is 17.4 Å². The van der Waals surface area contributed by atoms with Gasteiger partial charge in [-0.25, -0.2) is 4.79 Å². The molecule has 4 nitrogen and oxygen atoms in total. The fourth-order valence-electron chi connectivity index (χ4n) is 1.99. The van der Waals surface area contributed by atoms with E-state index < -0.39 is 5.97 Å². The molecule has 116 valence electrons. The Morgan fingerprint density at radius 1 is 1.18 bits per heavy atom. The summed E-state index contributed by atoms with van der Waals surface area (Å²) in [6.07, 6.45) is -0.199. The maximum Gasteiger partial charge on any atom is 0.340 e. The van der Waals surface area contributed by atoms with Crippen LogP contribution < -0.4 is 11.1 Å². The lowest BCUT2D eigenvalue weighted by Crippen LogP contribution is -2.13. The number of anilines is 3. The third-order valence-corrected chi connectivity index (χ3v) is 3.31. The van der Waals surface area contributed by atoms with E-state index in [0.717, 1.165) is 11.3 Å². The molecule has 0 bridgehead atoms. The fraction of sp³-hybridized carbons (Fsp3) is 0.235. The highest BCUT2D eigenvalue weighted by molar-refractivity contribution is 6.30. The largest absolute Gasteiger partial charge is 0.459 e. The lowest BCUT2D eigenvalue weighted by atomic mass is 10.1. The van der Waals surface area contributed by atoms with Crippen molar-refractivity contribution < 1.29 is 9.53 Å². The number of carbonyl (C=O) groups is 1. The van der Waals surface area contributed by atoms with Gasteiger partial charge < -0.3 is 15.8 Å². The van der Waals surface area contributed by atoms with Crippen molar-refractivity contribution in [1.29, 1.82) is 0 Å². The van der Waals surface area contributed by atoms with E-state index in [1.165, 1.54) is 0 Å². The lowest BCUT2D eigenvalue weighted by molar-refractivity contribution is 0.0379. The minimum Gasteiger partial charge on any atom is -0.459 e. The van der Waals surface area contributed by atoms with Crippen molar-refractivity contribution in [2.24, 2.45) is 0 Å². The van der Waals surface area contributed by atoms with E-state index >= 15 is 0 Å². The summed E-state index contributed by atoms with van der Waals surface area (Å²) in [6.45, 7) is 5.57. The molecule has 2 aromatic carbocycles. The van der Waals surface area contributed by atoms with Crippen molar-refractivity contribution in [2.45, 2.75) is 26.9 Å². The SMILES string of the molecule is Cc1ccc(Cl)cc1Nc1ccc(N)cc1C(=O)OC(C)C. The number of hydrogen-bond acceptors (Lipinski definition) is 4. The highest BCUT2D eigenvalue weighted by Gasteiger charge is 2.15. The maximum absolute atomic E-state index is 12.2. The Kier molecular flexibility index (Phi) is 4.93. The summed E-state index contributed by atoms with van der Waals surface area (Å²) in [6, 6.07) is 10.6. The number of carbonyl (C=O) groups excluding carboxylic acids is 1. The van der Waals surface area contributed by atoms with Gasteiger partial charge in [0.25, 0.3) is 0 Å². The number of nitrogens with one attached hydrogen (secondary N) is 1. The molecule has 2 aromatic rings. The Labute approximate surface area is 135 Å². The number of hydrogen-bond donors (Lipinski definition) is 2. The predicted octanol–water partition coefficient (Wildman–Crippen LogP) is 4.54. The third kappa shape index (κ3) is 3.92. The first-order valence-electron chi connectivity index (χ1n) is 7.00. The van der Waals surface area contributed by atoms with Crippen LogP contribution in [0.2, 0.25) is 5.02 Å². The molecule has 0 aromatic heterocycles. The molecule has 2 rings (SSSR count). The highest BCUT2D eigenvalue weighted by atomic mass is 35.5. The molecule has 5 heteroatoms. The molecule has 3 N–H and O–H groups in total. The molecule has 0 unspecified atom stereocenters. The standard InChI is InChI=1S/C17H19ClN2O2/c1-10(2)22-17(21)14-9-13(19)6-7-15(14)20-16-8-12(18)5-4-11(16)3/h4-10,20H,19H2,1-3H3. The van der Waals surface area contributed by atoms with Crippen LogP contribution in [0.3, 0.4) is 0 Å². The van der Waals surface area contributed by atoms with Gasteiger partial charge in [-0.3, -0.25) is 0 Å². The van der Waals surface area contributed by atoms with E-state index in [1.54, 1.807) is 32.0 Å². The average Bonchev–Trinajstić information content (AvgIpc) is 2.44. The van der Waals surface area contributed by atoms with Crippen LogP contribution in [0, 0.1) is 6.92 Å². The Hall–Kier alpha value is -2.20. The van der Waals surface area contributed by atoms with E-state index in [2.05, 4.69) is 5.32 Å². The summed E-state index contributed by atoms with van der Waals surface area (Å²) in [5.41, 5.74) is 9.16. The second-order valence-electron chi connectivity index (χ2n) is 5.34. The molecule has 0 radical (unpaired) electrons. The topological polar surface area (TPSA) is 64.3 Å². The van der Waals surface area contributed by atoms with Crippen molar-refractivity contribution >= 4 is 34.6 Å². The van der Waals surface area contributed by atoms with Crippen LogP contribution >= 0.6 is 11.6 Å². The highest BCUT2D eigenvalue weighted by Crippen LogP contribution is 2.28. The van der Waals surface area contributed by atoms with Gasteiger partial charge in [0.1, 0.15) is 0 Å². The van der Waals surface area contributed by atoms with Crippen molar-refractivity contribution in [1.82, 2.24) is 0 Å². The molecule has 0 saturated carbocycles. The predicted molar refractivity (Wildman–Crippen MR) is 90.9 cm³/mol. The van der Waals surface area contributed by atoms with Gasteiger partial charge in [0, 0.05) is 16.4 Å². The number of benzene rings is 2. The number of nitrogen functional groups attached to an aromatic ring is 1. The smallest absolute Gasteiger partial charge is 0.340 e. The van der Waals surface area contributed by atoms with Crippen molar-refractivity contribution in [3.05, 3.63) is 52.5 Å². The van der Waals surface area contributed by atoms with Crippen molar-refractivity contribution in [3.8, 4) is 0 Å². The number of halogens is 1. The van der Waals surface area contributed by atoms with Crippen molar-refractivity contribution in [3.63, 3.8) is 0 Å². The van der Waals surface area contributed by atoms with E-state index in [0.29, 0.717) is 22.0 Å². The van der Waals surface area contributed by atoms with Gasteiger partial charge in [-0.15, -0.1) is 0 Å². The van der Waals surface area contributed by atoms with E-state index in [9.17, 15) is 4.79 Å². The van der Waals surface area contributed by atoms with Crippen LogP contribution in [0.5, 0.6) is 0 Å². The van der Waals surface area contributed by atoms with Crippen LogP contribution in [0.1, 0.15) is 29.8 Å². The second-order valence-corrected chi connectivity index (χ2v) is 5.78. The first-order chi connectivity index (χ1) is 10.4. The number of aryl methyl sites for hydroxylation is 1. The van der Waals surface area contributed by atoms with Crippen LogP contribution in [0.15, 0.2) is 36.4 Å². The zero-order valence-electron chi connectivity index (χ0n) is 12.8. The van der Waals surface area contributed by atoms with Gasteiger partial charge in [0.15, 0.2) is 0 Å². The zero-order chi connectivity index (χ0) is 16.3. The summed E-state index contributed by atoms with van der Waals surface area (Å²) < 4.78 is 5.26. The molecule has 0 aliphatic carbocycles. The van der Waals surface area contributed by atoms with Gasteiger partial charge in [0.2, 0.25) is 0 Å². The van der Waals surface area contributed by atoms with Crippen LogP contribution in [0.4, 0.5) is 17.1 Å². The van der Waals surface area contributed by atoms with Gasteiger partial charge in [-0.05, 0) is 56.7 Å². The Bertz CT molecular complexity index is 699. The number of esters is 1. The van der Waals surface area contributed by atoms with Gasteiger partial charge in [-0.1, -0.05) is 17.7 Å². The first kappa shape index (κ1) is 16.2. The zero-order valence-corrected chi connectivity index (χ0v) is 13.6. The third-order valence-electron chi connectivity index (χ3n) is 3.08. The number of nitrogens with two attached hydrogens (primary N) is 1. The van der Waals surface area contributed by atoms with Crippen LogP contribution in [-0.4, -0.2) is 12.1 Å². The summed E-state index contributed by atoms with van der Waals surface area (Å²) in [7, 11) is 0. The van der Waals surface area contributed by atoms with E-state index in [-0.39, 0.29) is 6.10 Å². The minimum absolute atomic E-state index is 0.199. The molecule has 0 fully saturated rings. The molecule has 0 saturated heterocycles. The molecule has 0 spiro atoms. The molecule has 0 aliphatic heterocycles.